The van der Waals surface area contributed by atoms with E-state index in [2.05, 4.69) is 36.0 Å². The molecule has 0 aliphatic carbocycles. The molecule has 0 radical (unpaired) electrons. The lowest BCUT2D eigenvalue weighted by Crippen LogP contribution is -2.53. The molecule has 0 spiro atoms. The molecule has 0 bridgehead atoms. The van der Waals surface area contributed by atoms with E-state index >= 15 is 4.39 Å². The number of alkyl halides is 4. The molecule has 1 saturated heterocycles. The van der Waals surface area contributed by atoms with E-state index in [1.165, 1.54) is 15.3 Å². The standard InChI is InChI=1S/C21H23F5N10/c1-27-18-17-16(12-3-4-13-19(28-12)35(33-31-13)8-6-15(23)24)11(22)9-36(17)32-20(30-18)29-14-5-7-34(2)10-21(14,25)26/h3-4,9,14-15H,5-8,10H2,1-2H3,(H2,27,29,30,32)/t14-/m1/s1. The van der Waals surface area contributed by atoms with Gasteiger partial charge in [-0.05, 0) is 25.6 Å². The number of aryl methyl sites for hydroxylation is 1. The molecule has 1 aliphatic heterocycles. The molecule has 192 valence electrons. The van der Waals surface area contributed by atoms with Crippen LogP contribution in [-0.4, -0.2) is 85.1 Å². The summed E-state index contributed by atoms with van der Waals surface area (Å²) in [6.07, 6.45) is -1.67. The first kappa shape index (κ1) is 24.1. The van der Waals surface area contributed by atoms with Crippen LogP contribution < -0.4 is 10.6 Å². The Morgan fingerprint density at radius 2 is 2.03 bits per heavy atom. The molecule has 2 N–H and O–H groups in total. The summed E-state index contributed by atoms with van der Waals surface area (Å²) < 4.78 is 72.0. The second kappa shape index (κ2) is 9.11. The van der Waals surface area contributed by atoms with Crippen LogP contribution in [0.2, 0.25) is 0 Å². The predicted octanol–water partition coefficient (Wildman–Crippen LogP) is 3.12. The van der Waals surface area contributed by atoms with Gasteiger partial charge < -0.3 is 15.5 Å². The summed E-state index contributed by atoms with van der Waals surface area (Å²) in [5, 5.41) is 17.5. The number of rotatable bonds is 7. The lowest BCUT2D eigenvalue weighted by Gasteiger charge is -2.36. The first-order chi connectivity index (χ1) is 17.2. The predicted molar refractivity (Wildman–Crippen MR) is 122 cm³/mol. The van der Waals surface area contributed by atoms with Crippen LogP contribution in [0, 0.1) is 5.82 Å². The van der Waals surface area contributed by atoms with Gasteiger partial charge in [0.1, 0.15) is 11.0 Å². The van der Waals surface area contributed by atoms with Gasteiger partial charge in [-0.15, -0.1) is 10.2 Å². The van der Waals surface area contributed by atoms with Crippen molar-refractivity contribution in [2.24, 2.45) is 0 Å². The van der Waals surface area contributed by atoms with Crippen LogP contribution in [0.15, 0.2) is 18.3 Å². The molecule has 0 aromatic carbocycles. The molecule has 4 aromatic rings. The summed E-state index contributed by atoms with van der Waals surface area (Å²) in [6, 6.07) is 1.91. The van der Waals surface area contributed by atoms with Crippen LogP contribution in [0.25, 0.3) is 27.9 Å². The summed E-state index contributed by atoms with van der Waals surface area (Å²) in [7, 11) is 3.19. The summed E-state index contributed by atoms with van der Waals surface area (Å²) in [6.45, 7) is -0.0241. The van der Waals surface area contributed by atoms with Gasteiger partial charge in [-0.1, -0.05) is 5.21 Å². The Hall–Kier alpha value is -3.62. The summed E-state index contributed by atoms with van der Waals surface area (Å²) in [5.74, 6) is -3.58. The van der Waals surface area contributed by atoms with E-state index in [0.717, 1.165) is 6.20 Å². The fraction of sp³-hybridized carbons (Fsp3) is 0.476. The Bertz CT molecular complexity index is 1400. The van der Waals surface area contributed by atoms with Crippen molar-refractivity contribution in [1.82, 2.24) is 39.5 Å². The van der Waals surface area contributed by atoms with E-state index in [1.807, 2.05) is 0 Å². The van der Waals surface area contributed by atoms with Crippen molar-refractivity contribution in [3.63, 3.8) is 0 Å². The number of pyridine rings is 1. The van der Waals surface area contributed by atoms with Crippen molar-refractivity contribution in [1.29, 1.82) is 0 Å². The molecular formula is C21H23F5N10. The summed E-state index contributed by atoms with van der Waals surface area (Å²) in [4.78, 5) is 10.3. The van der Waals surface area contributed by atoms with Crippen molar-refractivity contribution in [2.75, 3.05) is 37.8 Å². The smallest absolute Gasteiger partial charge is 0.280 e. The molecule has 5 heterocycles. The Morgan fingerprint density at radius 3 is 2.75 bits per heavy atom. The number of likely N-dealkylation sites (tertiary alicyclic amines) is 1. The van der Waals surface area contributed by atoms with Gasteiger partial charge in [0.15, 0.2) is 17.3 Å². The third kappa shape index (κ3) is 4.38. The molecule has 0 unspecified atom stereocenters. The van der Waals surface area contributed by atoms with Crippen molar-refractivity contribution < 1.29 is 22.0 Å². The van der Waals surface area contributed by atoms with Crippen LogP contribution in [0.4, 0.5) is 33.7 Å². The lowest BCUT2D eigenvalue weighted by atomic mass is 10.0. The molecule has 36 heavy (non-hydrogen) atoms. The second-order valence-corrected chi connectivity index (χ2v) is 8.70. The first-order valence-corrected chi connectivity index (χ1v) is 11.2. The number of nitrogens with one attached hydrogen (secondary N) is 2. The van der Waals surface area contributed by atoms with Crippen molar-refractivity contribution in [3.05, 3.63) is 24.1 Å². The first-order valence-electron chi connectivity index (χ1n) is 11.2. The number of hydrogen-bond acceptors (Lipinski definition) is 8. The highest BCUT2D eigenvalue weighted by Crippen LogP contribution is 2.34. The van der Waals surface area contributed by atoms with Crippen LogP contribution in [0.3, 0.4) is 0 Å². The molecule has 0 amide bonds. The highest BCUT2D eigenvalue weighted by atomic mass is 19.3. The normalized spacial score (nSPS) is 18.4. The van der Waals surface area contributed by atoms with E-state index in [4.69, 9.17) is 0 Å². The maximum atomic E-state index is 15.2. The molecule has 5 rings (SSSR count). The zero-order valence-corrected chi connectivity index (χ0v) is 19.4. The number of nitrogens with zero attached hydrogens (tertiary/aromatic N) is 8. The monoisotopic (exact) mass is 510 g/mol. The molecule has 1 atom stereocenters. The molecule has 0 saturated carbocycles. The van der Waals surface area contributed by atoms with Gasteiger partial charge in [0, 0.05) is 20.0 Å². The number of halogens is 5. The number of aromatic nitrogens is 7. The van der Waals surface area contributed by atoms with Crippen LogP contribution in [0.5, 0.6) is 0 Å². The SMILES string of the molecule is CNc1nc(N[C@@H]2CCN(C)CC2(F)F)nn2cc(F)c(-c3ccc4nnn(CCC(F)F)c4n3)c12. The van der Waals surface area contributed by atoms with Crippen molar-refractivity contribution in [2.45, 2.75) is 37.8 Å². The number of hydrogen-bond donors (Lipinski definition) is 2. The zero-order valence-electron chi connectivity index (χ0n) is 19.4. The van der Waals surface area contributed by atoms with Gasteiger partial charge in [-0.3, -0.25) is 0 Å². The van der Waals surface area contributed by atoms with E-state index in [1.54, 1.807) is 25.1 Å². The Balaban J connectivity index is 1.54. The zero-order chi connectivity index (χ0) is 25.6. The molecule has 4 aromatic heterocycles. The minimum atomic E-state index is -3.00. The highest BCUT2D eigenvalue weighted by molar-refractivity contribution is 5.89. The van der Waals surface area contributed by atoms with E-state index < -0.39 is 37.2 Å². The number of fused-ring (bicyclic) bond motifs is 2. The second-order valence-electron chi connectivity index (χ2n) is 8.70. The van der Waals surface area contributed by atoms with Crippen LogP contribution >= 0.6 is 0 Å². The van der Waals surface area contributed by atoms with Gasteiger partial charge in [0.2, 0.25) is 12.4 Å². The average molecular weight is 510 g/mol. The van der Waals surface area contributed by atoms with Crippen LogP contribution in [0.1, 0.15) is 12.8 Å². The van der Waals surface area contributed by atoms with E-state index in [-0.39, 0.29) is 47.2 Å². The third-order valence-corrected chi connectivity index (χ3v) is 6.09. The van der Waals surface area contributed by atoms with Crippen LogP contribution in [-0.2, 0) is 6.54 Å². The Kier molecular flexibility index (Phi) is 6.10. The van der Waals surface area contributed by atoms with Crippen molar-refractivity contribution in [3.8, 4) is 11.3 Å². The van der Waals surface area contributed by atoms with E-state index in [0.29, 0.717) is 12.1 Å². The van der Waals surface area contributed by atoms with Gasteiger partial charge >= 0.3 is 0 Å². The minimum absolute atomic E-state index is 0.0547. The topological polar surface area (TPSA) is 101 Å². The molecule has 1 aliphatic rings. The average Bonchev–Trinajstić information content (AvgIpc) is 3.37. The quantitative estimate of drug-likeness (QED) is 0.366. The lowest BCUT2D eigenvalue weighted by molar-refractivity contribution is -0.0675. The fourth-order valence-electron chi connectivity index (χ4n) is 4.34. The van der Waals surface area contributed by atoms with Gasteiger partial charge in [-0.25, -0.2) is 36.1 Å². The van der Waals surface area contributed by atoms with Crippen molar-refractivity contribution >= 4 is 28.4 Å². The van der Waals surface area contributed by atoms with E-state index in [9.17, 15) is 17.6 Å². The largest absolute Gasteiger partial charge is 0.371 e. The van der Waals surface area contributed by atoms with Gasteiger partial charge in [0.05, 0.1) is 36.6 Å². The summed E-state index contributed by atoms with van der Waals surface area (Å²) >= 11 is 0. The highest BCUT2D eigenvalue weighted by Gasteiger charge is 2.44. The molecule has 1 fully saturated rings. The maximum absolute atomic E-state index is 15.2. The Labute approximate surface area is 201 Å². The van der Waals surface area contributed by atoms with Gasteiger partial charge in [-0.2, -0.15) is 4.98 Å². The fourth-order valence-corrected chi connectivity index (χ4v) is 4.34. The third-order valence-electron chi connectivity index (χ3n) is 6.09. The number of anilines is 2. The number of piperidine rings is 1. The molecule has 10 nitrogen and oxygen atoms in total. The maximum Gasteiger partial charge on any atom is 0.280 e. The van der Waals surface area contributed by atoms with Gasteiger partial charge in [0.25, 0.3) is 5.92 Å². The summed E-state index contributed by atoms with van der Waals surface area (Å²) in [5.41, 5.74) is 1.06. The Morgan fingerprint density at radius 1 is 1.22 bits per heavy atom. The molecular weight excluding hydrogens is 487 g/mol. The minimum Gasteiger partial charge on any atom is -0.371 e. The molecule has 15 heteroatoms.